The highest BCUT2D eigenvalue weighted by molar-refractivity contribution is 6.33. The van der Waals surface area contributed by atoms with Crippen LogP contribution in [-0.2, 0) is 13.1 Å². The van der Waals surface area contributed by atoms with Crippen LogP contribution in [0.1, 0.15) is 42.0 Å². The number of hydrogen-bond donors (Lipinski definition) is 11. The summed E-state index contributed by atoms with van der Waals surface area (Å²) in [5.74, 6) is 9.12. The minimum Gasteiger partial charge on any atom is -0.496 e. The number of ether oxygens (including phenoxy) is 1. The van der Waals surface area contributed by atoms with Crippen LogP contribution in [0.3, 0.4) is 0 Å². The molecule has 19 aromatic rings. The molecular weight excluding hydrogens is 1600 g/mol. The Morgan fingerprint density at radius 3 is 1.26 bits per heavy atom. The van der Waals surface area contributed by atoms with E-state index in [0.29, 0.717) is 111 Å². The molecule has 0 saturated heterocycles. The van der Waals surface area contributed by atoms with Crippen LogP contribution in [0.5, 0.6) is 5.75 Å². The van der Waals surface area contributed by atoms with Crippen LogP contribution in [0.4, 0.5) is 93.3 Å². The van der Waals surface area contributed by atoms with E-state index in [1.165, 1.54) is 22.3 Å². The lowest BCUT2D eigenvalue weighted by atomic mass is 10.0. The molecule has 37 nitrogen and oxygen atoms in total. The van der Waals surface area contributed by atoms with Crippen molar-refractivity contribution in [1.29, 1.82) is 0 Å². The number of halogens is 1. The molecule has 38 heteroatoms. The molecule has 0 aliphatic rings. The minimum atomic E-state index is 0.596. The van der Waals surface area contributed by atoms with Crippen LogP contribution in [-0.4, -0.2) is 173 Å². The number of nitrogens with one attached hydrogen (secondary N) is 11. The van der Waals surface area contributed by atoms with Gasteiger partial charge in [0.05, 0.1) is 17.8 Å². The number of anilines is 16. The van der Waals surface area contributed by atoms with E-state index in [0.717, 1.165) is 70.5 Å². The molecule has 0 amide bonds. The van der Waals surface area contributed by atoms with Crippen LogP contribution >= 0.6 is 11.6 Å². The highest BCUT2D eigenvalue weighted by Gasteiger charge is 2.20. The summed E-state index contributed by atoms with van der Waals surface area (Å²) in [7, 11) is 12.5. The van der Waals surface area contributed by atoms with Gasteiger partial charge in [0.15, 0.2) is 34.9 Å². The lowest BCUT2D eigenvalue weighted by Gasteiger charge is -2.23. The van der Waals surface area contributed by atoms with Gasteiger partial charge in [0.25, 0.3) is 0 Å². The lowest BCUT2D eigenvalue weighted by molar-refractivity contribution is 0.410. The van der Waals surface area contributed by atoms with Crippen molar-refractivity contribution in [1.82, 2.24) is 117 Å². The number of unbranched alkanes of at least 4 members (excludes halogenated alkanes) is 1. The van der Waals surface area contributed by atoms with Gasteiger partial charge in [-0.15, -0.1) is 61.2 Å². The van der Waals surface area contributed by atoms with E-state index in [1.54, 1.807) is 64.6 Å². The molecule has 19 rings (SSSR count). The van der Waals surface area contributed by atoms with Gasteiger partial charge in [-0.3, -0.25) is 26.4 Å². The molecule has 125 heavy (non-hydrogen) atoms. The Hall–Kier alpha value is -16.5. The zero-order valence-corrected chi connectivity index (χ0v) is 71.0. The first-order chi connectivity index (χ1) is 61.4. The maximum atomic E-state index is 6.11. The third-order valence-electron chi connectivity index (χ3n) is 19.3. The van der Waals surface area contributed by atoms with Crippen molar-refractivity contribution in [2.75, 3.05) is 119 Å². The Balaban J connectivity index is 0.000000122. The van der Waals surface area contributed by atoms with Crippen molar-refractivity contribution in [2.45, 2.75) is 46.7 Å². The van der Waals surface area contributed by atoms with E-state index in [1.807, 2.05) is 214 Å². The number of aromatic nitrogens is 24. The van der Waals surface area contributed by atoms with Crippen molar-refractivity contribution in [3.8, 4) is 16.9 Å². The highest BCUT2D eigenvalue weighted by atomic mass is 35.5. The predicted octanol–water partition coefficient (Wildman–Crippen LogP) is 15.3. The first-order valence-corrected chi connectivity index (χ1v) is 40.3. The summed E-state index contributed by atoms with van der Waals surface area (Å²) in [5, 5.41) is 84.4. The third kappa shape index (κ3) is 20.4. The Bertz CT molecular complexity index is 6570. The number of aryl methyl sites for hydroxylation is 2. The average molecular weight is 1690 g/mol. The molecule has 0 aliphatic carbocycles. The number of para-hydroxylation sites is 4. The topological polar surface area (TPSA) is 403 Å². The second-order valence-electron chi connectivity index (χ2n) is 27.4. The third-order valence-corrected chi connectivity index (χ3v) is 19.6. The summed E-state index contributed by atoms with van der Waals surface area (Å²) >= 11 is 6.11. The van der Waals surface area contributed by atoms with Crippen LogP contribution in [0.25, 0.3) is 45.0 Å². The first kappa shape index (κ1) is 85.0. The summed E-state index contributed by atoms with van der Waals surface area (Å²) < 4.78 is 16.5. The van der Waals surface area contributed by atoms with Crippen molar-refractivity contribution < 1.29 is 4.74 Å². The number of methoxy groups -OCH3 is 1. The second kappa shape index (κ2) is 41.5. The number of hydrogen-bond acceptors (Lipinski definition) is 31. The van der Waals surface area contributed by atoms with Gasteiger partial charge in [-0.2, -0.15) is 0 Å². The van der Waals surface area contributed by atoms with Gasteiger partial charge in [0, 0.05) is 159 Å². The fourth-order valence-corrected chi connectivity index (χ4v) is 13.1. The summed E-state index contributed by atoms with van der Waals surface area (Å²) in [5.41, 5.74) is 15.0. The molecule has 0 radical (unpaired) electrons. The Labute approximate surface area is 723 Å². The number of fused-ring (bicyclic) bond motifs is 6. The molecule has 12 heterocycles. The van der Waals surface area contributed by atoms with Gasteiger partial charge in [-0.1, -0.05) is 158 Å². The standard InChI is InChI=1S/C19H18N6.C16H20N6.C14H16N6O.2C13H14N6.C12H11ClN6/c1-20-19-24-23-18-17(21-10-11-25(18)19)22-13-14-6-5-9-16(12-14)15-7-3-2-4-8-15;1-3-4-11-21(13-8-6-5-7-9-13)14-15-19-20-16(17-2)22(15)12-10-18-14;1-15-14-19-18-13-12(16-7-8-20(13)14)17-9-10-5-3-4-6-11(10)21-2;1-9-3-5-10(6-4-9)16-11-12-17-18-13(14-2)19(12)8-7-15-11;1-9-5-3-4-6-10(9)16-11-12-17-18-13(14-2)19(12)8-7-15-11;1-14-12-18-17-11-10(15-6-7-19(11)12)16-9-5-3-2-4-8(9)13/h2-12H,13H2,1H3,(H,20,24)(H,21,22);5-10,12H,3-4,11H2,1-2H3,(H,17,20);3-8H,9H2,1-2H3,(H,15,19)(H,16,17);2*3-8H,1-2H3,(H,14,18)(H,15,16);2-7H,1H3,(H,14,18)(H,15,16). The molecule has 0 unspecified atom stereocenters. The predicted molar refractivity (Wildman–Crippen MR) is 494 cm³/mol. The second-order valence-corrected chi connectivity index (χ2v) is 27.8. The molecule has 0 aliphatic heterocycles. The fourth-order valence-electron chi connectivity index (χ4n) is 13.0. The number of rotatable bonds is 25. The normalized spacial score (nSPS) is 10.7. The molecule has 12 aromatic heterocycles. The quantitative estimate of drug-likeness (QED) is 0.0253. The largest absolute Gasteiger partial charge is 0.496 e. The summed E-state index contributed by atoms with van der Waals surface area (Å²) in [6.45, 7) is 8.45. The minimum absolute atomic E-state index is 0.596. The monoisotopic (exact) mass is 1690 g/mol. The zero-order chi connectivity index (χ0) is 86.8. The van der Waals surface area contributed by atoms with E-state index in [-0.39, 0.29) is 0 Å². The van der Waals surface area contributed by atoms with Crippen LogP contribution in [0.15, 0.2) is 256 Å². The highest BCUT2D eigenvalue weighted by Crippen LogP contribution is 2.32. The van der Waals surface area contributed by atoms with E-state index in [9.17, 15) is 0 Å². The van der Waals surface area contributed by atoms with Gasteiger partial charge in [0.2, 0.25) is 69.6 Å². The molecule has 634 valence electrons. The van der Waals surface area contributed by atoms with Gasteiger partial charge in [-0.25, -0.2) is 29.9 Å². The van der Waals surface area contributed by atoms with Crippen molar-refractivity contribution in [3.63, 3.8) is 0 Å². The molecule has 11 N–H and O–H groups in total. The Morgan fingerprint density at radius 1 is 0.368 bits per heavy atom. The fraction of sp³-hybridized carbons (Fsp3) is 0.172. The van der Waals surface area contributed by atoms with E-state index < -0.39 is 0 Å². The SMILES string of the molecule is CCCCN(c1ccccc1)c1nccn2c(NC)nnc12.CNc1nnc2c(NCc3cccc(-c4ccccc4)c3)nccn12.CNc1nnc2c(NCc3ccccc3OC)nccn12.CNc1nnc2c(Nc3ccc(C)cc3)nccn12.CNc1nnc2c(Nc3ccccc3C)nccn12.CNc1nnc2c(Nc3ccccc3Cl)nccn12. The van der Waals surface area contributed by atoms with Crippen molar-refractivity contribution >= 4 is 139 Å². The Morgan fingerprint density at radius 2 is 0.768 bits per heavy atom. The van der Waals surface area contributed by atoms with Gasteiger partial charge < -0.3 is 68.1 Å². The molecule has 0 atom stereocenters. The Kier molecular flexibility index (Phi) is 28.2. The molecule has 0 fully saturated rings. The first-order valence-electron chi connectivity index (χ1n) is 39.9. The van der Waals surface area contributed by atoms with E-state index in [4.69, 9.17) is 16.3 Å². The molecule has 0 spiro atoms. The van der Waals surface area contributed by atoms with Gasteiger partial charge in [-0.05, 0) is 97.1 Å². The summed E-state index contributed by atoms with van der Waals surface area (Å²) in [4.78, 5) is 28.4. The summed E-state index contributed by atoms with van der Waals surface area (Å²) in [6.07, 6.45) is 23.5. The zero-order valence-electron chi connectivity index (χ0n) is 70.3. The average Bonchev–Trinajstić information content (AvgIpc) is 1.70. The number of benzene rings is 7. The molecular formula is C87H93ClN36O. The molecule has 7 aromatic carbocycles. The molecule has 0 bridgehead atoms. The van der Waals surface area contributed by atoms with Crippen molar-refractivity contribution in [2.24, 2.45) is 0 Å². The van der Waals surface area contributed by atoms with Gasteiger partial charge >= 0.3 is 0 Å². The maximum absolute atomic E-state index is 6.11. The van der Waals surface area contributed by atoms with Crippen LogP contribution in [0.2, 0.25) is 5.02 Å². The van der Waals surface area contributed by atoms with E-state index in [2.05, 4.69) is 229 Å². The van der Waals surface area contributed by atoms with Crippen molar-refractivity contribution in [3.05, 3.63) is 284 Å². The van der Waals surface area contributed by atoms with E-state index >= 15 is 0 Å². The maximum Gasteiger partial charge on any atom is 0.228 e. The van der Waals surface area contributed by atoms with Crippen LogP contribution in [0, 0.1) is 13.8 Å². The lowest BCUT2D eigenvalue weighted by Crippen LogP contribution is -2.20. The summed E-state index contributed by atoms with van der Waals surface area (Å²) in [6, 6.07) is 60.6. The number of nitrogens with zero attached hydrogens (tertiary/aromatic N) is 25. The molecule has 0 saturated carbocycles. The van der Waals surface area contributed by atoms with Gasteiger partial charge in [0.1, 0.15) is 5.75 Å². The smallest absolute Gasteiger partial charge is 0.228 e. The van der Waals surface area contributed by atoms with Crippen LogP contribution < -0.4 is 68.1 Å².